The number of methoxy groups -OCH3 is 2. The fourth-order valence-electron chi connectivity index (χ4n) is 5.82. The summed E-state index contributed by atoms with van der Waals surface area (Å²) in [5.41, 5.74) is 1.24. The fourth-order valence-corrected chi connectivity index (χ4v) is 7.51. The second kappa shape index (κ2) is 11.1. The number of nitrogens with one attached hydrogen (secondary N) is 1. The van der Waals surface area contributed by atoms with Crippen LogP contribution < -0.4 is 20.7 Å². The van der Waals surface area contributed by atoms with E-state index >= 15 is 0 Å². The third-order valence-electron chi connectivity index (χ3n) is 8.13. The van der Waals surface area contributed by atoms with Gasteiger partial charge in [-0.25, -0.2) is 4.79 Å². The first kappa shape index (κ1) is 28.3. The van der Waals surface area contributed by atoms with E-state index in [9.17, 15) is 14.7 Å². The molecule has 6 rings (SSSR count). The average Bonchev–Trinajstić information content (AvgIpc) is 3.49. The van der Waals surface area contributed by atoms with Gasteiger partial charge < -0.3 is 24.1 Å². The standard InChI is InChI=1S/C32H32N2O7S/c1-20-17-34(30(37)33-28(20)36)29-26-27(35)31(41-29,18-40-26)19-42-32(21-7-5-4-6-8-21,22-9-13-24(38-2)14-10-22)23-11-15-25(39-3)16-12-23/h4-17,26-27,29,35H,18-19H2,1-3H3,(H,33,36,37)/t26?,27?,29-,31-/m1/s1. The molecule has 2 unspecified atom stereocenters. The van der Waals surface area contributed by atoms with Gasteiger partial charge in [0.05, 0.1) is 25.6 Å². The van der Waals surface area contributed by atoms with Crippen LogP contribution in [0.1, 0.15) is 28.5 Å². The van der Waals surface area contributed by atoms with E-state index in [1.165, 1.54) is 10.8 Å². The van der Waals surface area contributed by atoms with Crippen LogP contribution in [-0.4, -0.2) is 59.0 Å². The summed E-state index contributed by atoms with van der Waals surface area (Å²) in [4.78, 5) is 27.0. The van der Waals surface area contributed by atoms with Crippen LogP contribution >= 0.6 is 11.8 Å². The molecule has 4 atom stereocenters. The Morgan fingerprint density at radius 3 is 2.10 bits per heavy atom. The number of thioether (sulfide) groups is 1. The predicted octanol–water partition coefficient (Wildman–Crippen LogP) is 3.61. The summed E-state index contributed by atoms with van der Waals surface area (Å²) in [7, 11) is 3.27. The quantitative estimate of drug-likeness (QED) is 0.285. The first-order chi connectivity index (χ1) is 20.3. The number of aromatic nitrogens is 2. The van der Waals surface area contributed by atoms with Crippen LogP contribution in [0.25, 0.3) is 0 Å². The van der Waals surface area contributed by atoms with Crippen LogP contribution in [0.15, 0.2) is 94.6 Å². The smallest absolute Gasteiger partial charge is 0.330 e. The Kier molecular flexibility index (Phi) is 7.48. The number of H-pyrrole nitrogens is 1. The van der Waals surface area contributed by atoms with Gasteiger partial charge in [0.1, 0.15) is 29.3 Å². The molecule has 2 saturated heterocycles. The Balaban J connectivity index is 1.44. The summed E-state index contributed by atoms with van der Waals surface area (Å²) < 4.78 is 24.0. The van der Waals surface area contributed by atoms with Crippen molar-refractivity contribution in [3.05, 3.63) is 128 Å². The van der Waals surface area contributed by atoms with Crippen LogP contribution in [-0.2, 0) is 14.2 Å². The van der Waals surface area contributed by atoms with E-state index in [-0.39, 0.29) is 6.61 Å². The highest BCUT2D eigenvalue weighted by atomic mass is 32.2. The Bertz CT molecular complexity index is 1620. The number of ether oxygens (including phenoxy) is 4. The van der Waals surface area contributed by atoms with Crippen molar-refractivity contribution < 1.29 is 24.1 Å². The molecule has 3 aromatic carbocycles. The Hall–Kier alpha value is -3.83. The van der Waals surface area contributed by atoms with Crippen LogP contribution in [0, 0.1) is 6.92 Å². The maximum Gasteiger partial charge on any atom is 0.330 e. The van der Waals surface area contributed by atoms with Gasteiger partial charge >= 0.3 is 5.69 Å². The first-order valence-corrected chi connectivity index (χ1v) is 14.6. The number of aliphatic hydroxyl groups excluding tert-OH is 1. The van der Waals surface area contributed by atoms with E-state index in [2.05, 4.69) is 17.1 Å². The molecular weight excluding hydrogens is 556 g/mol. The number of hydrogen-bond donors (Lipinski definition) is 2. The number of aryl methyl sites for hydroxylation is 1. The minimum absolute atomic E-state index is 0.162. The SMILES string of the molecule is COc1ccc(C(SC[C@]23COC(C2O)[C@H](n2cc(C)c(=O)[nH]c2=O)O3)(c2ccccc2)c2ccc(OC)cc2)cc1. The molecule has 2 fully saturated rings. The van der Waals surface area contributed by atoms with Gasteiger partial charge in [-0.2, -0.15) is 0 Å². The highest BCUT2D eigenvalue weighted by Gasteiger charge is 2.62. The molecule has 218 valence electrons. The molecule has 1 aromatic heterocycles. The van der Waals surface area contributed by atoms with Gasteiger partial charge in [-0.3, -0.25) is 14.3 Å². The summed E-state index contributed by atoms with van der Waals surface area (Å²) >= 11 is 1.62. The van der Waals surface area contributed by atoms with Crippen LogP contribution in [0.4, 0.5) is 0 Å². The van der Waals surface area contributed by atoms with Crippen molar-refractivity contribution in [1.29, 1.82) is 0 Å². The molecule has 0 saturated carbocycles. The van der Waals surface area contributed by atoms with E-state index < -0.39 is 40.0 Å². The van der Waals surface area contributed by atoms with Gasteiger partial charge in [0, 0.05) is 17.5 Å². The molecule has 0 spiro atoms. The zero-order chi connectivity index (χ0) is 29.5. The number of fused-ring (bicyclic) bond motifs is 2. The third kappa shape index (κ3) is 4.64. The molecular formula is C32H32N2O7S. The van der Waals surface area contributed by atoms with E-state index in [1.807, 2.05) is 66.7 Å². The minimum atomic E-state index is -1.09. The number of hydrogen-bond acceptors (Lipinski definition) is 8. The van der Waals surface area contributed by atoms with Crippen LogP contribution in [0.3, 0.4) is 0 Å². The second-order valence-electron chi connectivity index (χ2n) is 10.6. The van der Waals surface area contributed by atoms with Gasteiger partial charge in [0.15, 0.2) is 6.23 Å². The molecule has 2 aliphatic rings. The molecule has 0 aliphatic carbocycles. The number of aliphatic hydroxyl groups is 1. The van der Waals surface area contributed by atoms with Crippen molar-refractivity contribution in [2.75, 3.05) is 26.6 Å². The van der Waals surface area contributed by atoms with Crippen LogP contribution in [0.2, 0.25) is 0 Å². The zero-order valence-electron chi connectivity index (χ0n) is 23.5. The van der Waals surface area contributed by atoms with Crippen molar-refractivity contribution in [3.8, 4) is 11.5 Å². The highest BCUT2D eigenvalue weighted by molar-refractivity contribution is 8.00. The molecule has 9 nitrogen and oxygen atoms in total. The monoisotopic (exact) mass is 588 g/mol. The molecule has 2 bridgehead atoms. The molecule has 10 heteroatoms. The minimum Gasteiger partial charge on any atom is -0.497 e. The lowest BCUT2D eigenvalue weighted by Gasteiger charge is -2.39. The van der Waals surface area contributed by atoms with Crippen molar-refractivity contribution >= 4 is 11.8 Å². The fraction of sp³-hybridized carbons (Fsp3) is 0.312. The highest BCUT2D eigenvalue weighted by Crippen LogP contribution is 2.53. The average molecular weight is 589 g/mol. The van der Waals surface area contributed by atoms with Crippen LogP contribution in [0.5, 0.6) is 11.5 Å². The normalized spacial score (nSPS) is 23.2. The topological polar surface area (TPSA) is 112 Å². The first-order valence-electron chi connectivity index (χ1n) is 13.6. The molecule has 2 aliphatic heterocycles. The molecule has 3 heterocycles. The number of benzene rings is 3. The summed E-state index contributed by atoms with van der Waals surface area (Å²) in [6.07, 6.45) is -1.19. The van der Waals surface area contributed by atoms with E-state index in [1.54, 1.807) is 32.9 Å². The van der Waals surface area contributed by atoms with Gasteiger partial charge in [-0.1, -0.05) is 54.6 Å². The summed E-state index contributed by atoms with van der Waals surface area (Å²) in [5.74, 6) is 1.82. The number of nitrogens with zero attached hydrogens (tertiary/aromatic N) is 1. The molecule has 2 N–H and O–H groups in total. The molecule has 0 amide bonds. The van der Waals surface area contributed by atoms with Gasteiger partial charge in [0.25, 0.3) is 5.56 Å². The largest absolute Gasteiger partial charge is 0.497 e. The maximum atomic E-state index is 12.7. The maximum absolute atomic E-state index is 12.7. The number of aromatic amines is 1. The molecule has 42 heavy (non-hydrogen) atoms. The lowest BCUT2D eigenvalue weighted by molar-refractivity contribution is -0.165. The Labute approximate surface area is 247 Å². The van der Waals surface area contributed by atoms with E-state index in [4.69, 9.17) is 18.9 Å². The second-order valence-corrected chi connectivity index (χ2v) is 11.8. The lowest BCUT2D eigenvalue weighted by Crippen LogP contribution is -2.45. The summed E-state index contributed by atoms with van der Waals surface area (Å²) in [6, 6.07) is 26.1. The van der Waals surface area contributed by atoms with Crippen molar-refractivity contribution in [2.24, 2.45) is 0 Å². The number of rotatable bonds is 9. The molecule has 0 radical (unpaired) electrons. The molecule has 4 aromatic rings. The Morgan fingerprint density at radius 1 is 0.952 bits per heavy atom. The van der Waals surface area contributed by atoms with E-state index in [0.29, 0.717) is 11.3 Å². The van der Waals surface area contributed by atoms with Gasteiger partial charge in [0.2, 0.25) is 0 Å². The van der Waals surface area contributed by atoms with Gasteiger partial charge in [-0.05, 0) is 47.9 Å². The Morgan fingerprint density at radius 2 is 1.52 bits per heavy atom. The zero-order valence-corrected chi connectivity index (χ0v) is 24.3. The van der Waals surface area contributed by atoms with Crippen molar-refractivity contribution in [1.82, 2.24) is 9.55 Å². The third-order valence-corrected chi connectivity index (χ3v) is 9.91. The lowest BCUT2D eigenvalue weighted by atomic mass is 9.84. The summed E-state index contributed by atoms with van der Waals surface area (Å²) in [5, 5.41) is 11.5. The van der Waals surface area contributed by atoms with Crippen molar-refractivity contribution in [2.45, 2.75) is 35.7 Å². The van der Waals surface area contributed by atoms with E-state index in [0.717, 1.165) is 28.2 Å². The summed E-state index contributed by atoms with van der Waals surface area (Å²) in [6.45, 7) is 1.78. The predicted molar refractivity (Wildman–Crippen MR) is 159 cm³/mol. The van der Waals surface area contributed by atoms with Gasteiger partial charge in [-0.15, -0.1) is 11.8 Å². The van der Waals surface area contributed by atoms with Crippen molar-refractivity contribution in [3.63, 3.8) is 0 Å².